The Morgan fingerprint density at radius 3 is 3.00 bits per heavy atom. The highest BCUT2D eigenvalue weighted by Crippen LogP contribution is 2.38. The molecule has 2 heterocycles. The first-order valence-electron chi connectivity index (χ1n) is 6.51. The standard InChI is InChI=1S/C11H15FN6O4/c1-2-14-6-3-4-18(10(21)15-6)9-7(12)8(20)11(5-19,22-9)16-17-13/h3-4,7-9,13,19-20H,2,5H2,1H3/p+1/t7-,8-,9+,11+/m0/s1. The number of nitrogens with one attached hydrogen (secondary N) is 2. The summed E-state index contributed by atoms with van der Waals surface area (Å²) in [5.41, 5.74) is 3.77. The summed E-state index contributed by atoms with van der Waals surface area (Å²) in [6, 6.07) is 1.44. The van der Waals surface area contributed by atoms with E-state index < -0.39 is 36.5 Å². The zero-order valence-corrected chi connectivity index (χ0v) is 11.7. The van der Waals surface area contributed by atoms with Crippen LogP contribution in [0.1, 0.15) is 13.2 Å². The van der Waals surface area contributed by atoms with Crippen molar-refractivity contribution in [1.29, 1.82) is 5.53 Å². The Labute approximate surface area is 123 Å². The Bertz CT molecular complexity index is 648. The van der Waals surface area contributed by atoms with Gasteiger partial charge in [0.05, 0.1) is 0 Å². The molecule has 0 amide bonds. The summed E-state index contributed by atoms with van der Waals surface area (Å²) < 4.78 is 20.3. The first-order chi connectivity index (χ1) is 10.5. The van der Waals surface area contributed by atoms with Crippen molar-refractivity contribution < 1.29 is 19.3 Å². The molecule has 1 aliphatic rings. The molecule has 0 saturated carbocycles. The minimum Gasteiger partial charge on any atom is -0.391 e. The molecule has 10 nitrogen and oxygen atoms in total. The lowest BCUT2D eigenvalue weighted by molar-refractivity contribution is -0.128. The van der Waals surface area contributed by atoms with Crippen LogP contribution in [0.15, 0.2) is 22.2 Å². The number of hydrogen-bond acceptors (Lipinski definition) is 8. The SMILES string of the molecule is CCNc1ccn([C@@H]2O[C@@](CO)(N=[N+]=N)[C@@H](O)[C@@H]2F)c(=O)n1. The lowest BCUT2D eigenvalue weighted by Gasteiger charge is -2.18. The summed E-state index contributed by atoms with van der Waals surface area (Å²) in [5.74, 6) is 0.317. The molecule has 22 heavy (non-hydrogen) atoms. The summed E-state index contributed by atoms with van der Waals surface area (Å²) in [5, 5.41) is 25.2. The van der Waals surface area contributed by atoms with Crippen LogP contribution in [-0.4, -0.2) is 50.9 Å². The Hall–Kier alpha value is -2.20. The van der Waals surface area contributed by atoms with Gasteiger partial charge < -0.3 is 20.3 Å². The van der Waals surface area contributed by atoms with E-state index in [4.69, 9.17) is 10.3 Å². The van der Waals surface area contributed by atoms with Crippen LogP contribution in [0.25, 0.3) is 0 Å². The molecular weight excluding hydrogens is 299 g/mol. The van der Waals surface area contributed by atoms with E-state index in [1.54, 1.807) is 0 Å². The van der Waals surface area contributed by atoms with Crippen LogP contribution in [0.5, 0.6) is 0 Å². The first-order valence-corrected chi connectivity index (χ1v) is 6.51. The molecular formula is C11H16FN6O4+. The van der Waals surface area contributed by atoms with Crippen molar-refractivity contribution in [1.82, 2.24) is 14.5 Å². The molecule has 1 saturated heterocycles. The summed E-state index contributed by atoms with van der Waals surface area (Å²) in [6.07, 6.45) is -4.22. The Morgan fingerprint density at radius 2 is 2.45 bits per heavy atom. The van der Waals surface area contributed by atoms with Gasteiger partial charge in [-0.15, -0.1) is 0 Å². The molecule has 4 N–H and O–H groups in total. The second-order valence-corrected chi connectivity index (χ2v) is 4.63. The third-order valence-corrected chi connectivity index (χ3v) is 3.27. The molecule has 1 aromatic rings. The maximum atomic E-state index is 14.2. The number of nitrogens with zero attached hydrogens (tertiary/aromatic N) is 4. The number of rotatable bonds is 5. The van der Waals surface area contributed by atoms with Gasteiger partial charge >= 0.3 is 5.69 Å². The van der Waals surface area contributed by atoms with Gasteiger partial charge in [-0.2, -0.15) is 4.98 Å². The van der Waals surface area contributed by atoms with Crippen LogP contribution >= 0.6 is 0 Å². The molecule has 0 bridgehead atoms. The molecule has 0 radical (unpaired) electrons. The van der Waals surface area contributed by atoms with Crippen LogP contribution in [0.4, 0.5) is 10.2 Å². The van der Waals surface area contributed by atoms with Gasteiger partial charge in [-0.05, 0) is 13.0 Å². The Morgan fingerprint density at radius 1 is 1.73 bits per heavy atom. The van der Waals surface area contributed by atoms with E-state index in [1.165, 1.54) is 12.3 Å². The van der Waals surface area contributed by atoms with E-state index in [-0.39, 0.29) is 0 Å². The van der Waals surface area contributed by atoms with Gasteiger partial charge in [0.2, 0.25) is 4.91 Å². The van der Waals surface area contributed by atoms with Crippen molar-refractivity contribution in [2.45, 2.75) is 31.2 Å². The predicted molar refractivity (Wildman–Crippen MR) is 70.8 cm³/mol. The summed E-state index contributed by atoms with van der Waals surface area (Å²) in [6.45, 7) is 1.48. The first kappa shape index (κ1) is 16.2. The molecule has 11 heteroatoms. The summed E-state index contributed by atoms with van der Waals surface area (Å²) >= 11 is 0. The molecule has 2 rings (SSSR count). The Balaban J connectivity index is 2.38. The van der Waals surface area contributed by atoms with Crippen molar-refractivity contribution >= 4 is 5.82 Å². The second kappa shape index (κ2) is 6.28. The highest BCUT2D eigenvalue weighted by Gasteiger charge is 2.60. The predicted octanol–water partition coefficient (Wildman–Crippen LogP) is -0.858. The minimum atomic E-state index is -2.12. The zero-order valence-electron chi connectivity index (χ0n) is 11.7. The largest absolute Gasteiger partial charge is 0.391 e. The van der Waals surface area contributed by atoms with E-state index in [0.29, 0.717) is 12.4 Å². The molecule has 0 spiro atoms. The van der Waals surface area contributed by atoms with E-state index >= 15 is 0 Å². The average Bonchev–Trinajstić information content (AvgIpc) is 2.74. The third-order valence-electron chi connectivity index (χ3n) is 3.27. The normalized spacial score (nSPS) is 30.8. The quantitative estimate of drug-likeness (QED) is 0.411. The number of anilines is 1. The van der Waals surface area contributed by atoms with Crippen molar-refractivity contribution in [2.75, 3.05) is 18.5 Å². The molecule has 120 valence electrons. The Kier molecular flexibility index (Phi) is 4.62. The second-order valence-electron chi connectivity index (χ2n) is 4.63. The van der Waals surface area contributed by atoms with Gasteiger partial charge in [-0.1, -0.05) is 0 Å². The van der Waals surface area contributed by atoms with E-state index in [9.17, 15) is 19.4 Å². The maximum Gasteiger partial charge on any atom is 0.351 e. The average molecular weight is 315 g/mol. The van der Waals surface area contributed by atoms with Crippen LogP contribution in [0.3, 0.4) is 0 Å². The number of aliphatic hydroxyl groups is 2. The van der Waals surface area contributed by atoms with Gasteiger partial charge in [-0.25, -0.2) is 9.18 Å². The molecule has 1 aliphatic heterocycles. The number of hydrogen-bond donors (Lipinski definition) is 4. The topological polar surface area (TPSA) is 147 Å². The van der Waals surface area contributed by atoms with Gasteiger partial charge in [0.25, 0.3) is 5.72 Å². The lowest BCUT2D eigenvalue weighted by atomic mass is 10.1. The smallest absolute Gasteiger partial charge is 0.351 e. The highest BCUT2D eigenvalue weighted by atomic mass is 19.1. The van der Waals surface area contributed by atoms with Crippen LogP contribution in [0.2, 0.25) is 0 Å². The summed E-state index contributed by atoms with van der Waals surface area (Å²) in [7, 11) is 0. The van der Waals surface area contributed by atoms with Crippen LogP contribution in [0, 0.1) is 5.53 Å². The minimum absolute atomic E-state index is 0.317. The van der Waals surface area contributed by atoms with Crippen molar-refractivity contribution in [3.63, 3.8) is 0 Å². The molecule has 0 aromatic carbocycles. The number of halogens is 1. The van der Waals surface area contributed by atoms with E-state index in [0.717, 1.165) is 4.57 Å². The summed E-state index contributed by atoms with van der Waals surface area (Å²) in [4.78, 5) is 18.3. The van der Waals surface area contributed by atoms with Crippen LogP contribution in [-0.2, 0) is 4.74 Å². The number of alkyl halides is 1. The molecule has 0 unspecified atom stereocenters. The van der Waals surface area contributed by atoms with Gasteiger partial charge in [-0.3, -0.25) is 4.57 Å². The monoisotopic (exact) mass is 315 g/mol. The van der Waals surface area contributed by atoms with Crippen molar-refractivity contribution in [3.05, 3.63) is 22.7 Å². The van der Waals surface area contributed by atoms with Gasteiger partial charge in [0, 0.05) is 12.7 Å². The fraction of sp³-hybridized carbons (Fsp3) is 0.636. The number of aliphatic hydroxyl groups excluding tert-OH is 2. The molecule has 1 aromatic heterocycles. The molecule has 0 aliphatic carbocycles. The number of aromatic nitrogens is 2. The third kappa shape index (κ3) is 2.62. The number of ether oxygens (including phenoxy) is 1. The van der Waals surface area contributed by atoms with Crippen molar-refractivity contribution in [3.8, 4) is 0 Å². The van der Waals surface area contributed by atoms with Gasteiger partial charge in [0.1, 0.15) is 24.1 Å². The van der Waals surface area contributed by atoms with Crippen molar-refractivity contribution in [2.24, 2.45) is 5.11 Å². The van der Waals surface area contributed by atoms with E-state index in [2.05, 4.69) is 20.3 Å². The van der Waals surface area contributed by atoms with E-state index in [1.807, 2.05) is 6.92 Å². The van der Waals surface area contributed by atoms with Gasteiger partial charge in [0.15, 0.2) is 17.5 Å². The fourth-order valence-corrected chi connectivity index (χ4v) is 2.17. The van der Waals surface area contributed by atoms with Crippen LogP contribution < -0.4 is 15.9 Å². The lowest BCUT2D eigenvalue weighted by Crippen LogP contribution is -2.43. The zero-order chi connectivity index (χ0) is 16.3. The maximum absolute atomic E-state index is 14.2. The molecule has 4 atom stereocenters. The fourth-order valence-electron chi connectivity index (χ4n) is 2.17. The molecule has 1 fully saturated rings. The highest BCUT2D eigenvalue weighted by molar-refractivity contribution is 5.31.